The fourth-order valence-corrected chi connectivity index (χ4v) is 3.29. The lowest BCUT2D eigenvalue weighted by Gasteiger charge is -2.15. The predicted octanol–water partition coefficient (Wildman–Crippen LogP) is 4.11. The van der Waals surface area contributed by atoms with Crippen LogP contribution in [0.1, 0.15) is 0 Å². The summed E-state index contributed by atoms with van der Waals surface area (Å²) < 4.78 is 40.0. The van der Waals surface area contributed by atoms with Crippen molar-refractivity contribution in [1.29, 1.82) is 0 Å². The summed E-state index contributed by atoms with van der Waals surface area (Å²) in [4.78, 5) is 0. The summed E-state index contributed by atoms with van der Waals surface area (Å²) in [7, 11) is 0. The average molecular weight is 251 g/mol. The minimum Gasteiger partial charge on any atom is -0.445 e. The fourth-order valence-electron chi connectivity index (χ4n) is 2.03. The van der Waals surface area contributed by atoms with Gasteiger partial charge in [0.25, 0.3) is 0 Å². The second-order valence-corrected chi connectivity index (χ2v) is 4.95. The first kappa shape index (κ1) is 10.7. The van der Waals surface area contributed by atoms with Crippen LogP contribution in [-0.2, 0) is 0 Å². The summed E-state index contributed by atoms with van der Waals surface area (Å²) in [6, 6.07) is 11.8. The summed E-state index contributed by atoms with van der Waals surface area (Å²) >= 11 is 1.21. The largest absolute Gasteiger partial charge is 0.511 e. The maximum absolute atomic E-state index is 12.9. The molecule has 86 valence electrons. The first-order valence-electron chi connectivity index (χ1n) is 5.17. The zero-order valence-corrected chi connectivity index (χ0v) is 9.48. The van der Waals surface area contributed by atoms with Crippen LogP contribution in [0.4, 0.5) is 12.9 Å². The maximum Gasteiger partial charge on any atom is 0.511 e. The van der Waals surface area contributed by atoms with E-state index in [0.717, 1.165) is 16.2 Å². The van der Waals surface area contributed by atoms with Gasteiger partial charge in [0.2, 0.25) is 0 Å². The molecule has 0 amide bonds. The first-order chi connectivity index (χ1) is 8.07. The summed E-state index contributed by atoms with van der Waals surface area (Å²) in [5.41, 5.74) is -0.483. The van der Waals surface area contributed by atoms with E-state index < -0.39 is 12.4 Å². The maximum atomic E-state index is 12.9. The molecule has 0 saturated heterocycles. The quantitative estimate of drug-likeness (QED) is 0.571. The van der Waals surface area contributed by atoms with Gasteiger partial charge in [0.1, 0.15) is 0 Å². The van der Waals surface area contributed by atoms with Gasteiger partial charge in [0.05, 0.1) is 0 Å². The molecule has 0 bridgehead atoms. The highest BCUT2D eigenvalue weighted by Gasteiger charge is 2.28. The topological polar surface area (TPSA) is 0 Å². The van der Waals surface area contributed by atoms with Crippen LogP contribution < -0.4 is 5.46 Å². The number of hydrogen-bond donors (Lipinski definition) is 0. The monoisotopic (exact) mass is 251 g/mol. The molecule has 2 aromatic carbocycles. The molecule has 17 heavy (non-hydrogen) atoms. The Bertz CT molecular complexity index is 700. The van der Waals surface area contributed by atoms with E-state index in [1.165, 1.54) is 17.4 Å². The Balaban J connectivity index is 2.48. The summed E-state index contributed by atoms with van der Waals surface area (Å²) in [6.45, 7) is -4.95. The van der Waals surface area contributed by atoms with E-state index in [4.69, 9.17) is 0 Å². The highest BCUT2D eigenvalue weighted by Crippen LogP contribution is 2.33. The SMILES string of the molecule is F[B-](F)(F)c1cccc2c1sc1ccccc12. The van der Waals surface area contributed by atoms with E-state index in [2.05, 4.69) is 0 Å². The van der Waals surface area contributed by atoms with Crippen molar-refractivity contribution in [2.24, 2.45) is 0 Å². The Labute approximate surface area is 99.7 Å². The second-order valence-electron chi connectivity index (χ2n) is 3.90. The Morgan fingerprint density at radius 1 is 0.824 bits per heavy atom. The molecule has 5 heteroatoms. The molecule has 1 aromatic heterocycles. The third-order valence-electron chi connectivity index (χ3n) is 2.79. The number of hydrogen-bond acceptors (Lipinski definition) is 1. The van der Waals surface area contributed by atoms with Crippen LogP contribution in [0.5, 0.6) is 0 Å². The van der Waals surface area contributed by atoms with Crippen LogP contribution in [0.15, 0.2) is 42.5 Å². The second kappa shape index (κ2) is 3.50. The molecule has 0 fully saturated rings. The van der Waals surface area contributed by atoms with Crippen molar-refractivity contribution in [2.45, 2.75) is 0 Å². The lowest BCUT2D eigenvalue weighted by atomic mass is 9.79. The summed E-state index contributed by atoms with van der Waals surface area (Å²) in [5, 5.41) is 1.59. The minimum atomic E-state index is -4.95. The van der Waals surface area contributed by atoms with Gasteiger partial charge >= 0.3 is 6.98 Å². The molecule has 0 N–H and O–H groups in total. The van der Waals surface area contributed by atoms with Gasteiger partial charge in [0.15, 0.2) is 0 Å². The smallest absolute Gasteiger partial charge is 0.445 e. The van der Waals surface area contributed by atoms with E-state index in [1.807, 2.05) is 24.3 Å². The van der Waals surface area contributed by atoms with Crippen molar-refractivity contribution < 1.29 is 12.9 Å². The zero-order chi connectivity index (χ0) is 12.0. The number of thiophene rings is 1. The molecule has 0 aliphatic carbocycles. The van der Waals surface area contributed by atoms with E-state index in [1.54, 1.807) is 6.07 Å². The molecule has 0 spiro atoms. The van der Waals surface area contributed by atoms with Crippen LogP contribution in [0.2, 0.25) is 0 Å². The third kappa shape index (κ3) is 1.62. The third-order valence-corrected chi connectivity index (χ3v) is 4.02. The molecule has 0 unspecified atom stereocenters. The summed E-state index contributed by atoms with van der Waals surface area (Å²) in [5.74, 6) is 0. The normalized spacial score (nSPS) is 12.4. The highest BCUT2D eigenvalue weighted by molar-refractivity contribution is 7.27. The Hall–Kier alpha value is -1.49. The van der Waals surface area contributed by atoms with E-state index in [9.17, 15) is 12.9 Å². The van der Waals surface area contributed by atoms with Crippen molar-refractivity contribution >= 4 is 43.9 Å². The van der Waals surface area contributed by atoms with Crippen molar-refractivity contribution in [3.63, 3.8) is 0 Å². The lowest BCUT2D eigenvalue weighted by molar-refractivity contribution is 0.502. The molecule has 0 saturated carbocycles. The van der Waals surface area contributed by atoms with Crippen molar-refractivity contribution in [3.05, 3.63) is 42.5 Å². The Morgan fingerprint density at radius 2 is 1.53 bits per heavy atom. The van der Waals surface area contributed by atoms with Crippen LogP contribution in [0, 0.1) is 0 Å². The highest BCUT2D eigenvalue weighted by atomic mass is 32.1. The molecule has 3 aromatic rings. The van der Waals surface area contributed by atoms with Crippen LogP contribution in [0.3, 0.4) is 0 Å². The molecule has 0 nitrogen and oxygen atoms in total. The standard InChI is InChI=1S/C12H7BF3S/c14-13(15,16)10-6-3-5-9-8-4-1-2-7-11(8)17-12(9)10/h1-7H/q-1. The summed E-state index contributed by atoms with van der Waals surface area (Å²) in [6.07, 6.45) is 0. The lowest BCUT2D eigenvalue weighted by Crippen LogP contribution is -2.33. The van der Waals surface area contributed by atoms with Gasteiger partial charge in [-0.05, 0) is 11.5 Å². The molecule has 1 heterocycles. The van der Waals surface area contributed by atoms with Gasteiger partial charge < -0.3 is 12.9 Å². The van der Waals surface area contributed by atoms with Crippen molar-refractivity contribution in [2.75, 3.05) is 0 Å². The zero-order valence-electron chi connectivity index (χ0n) is 8.66. The Morgan fingerprint density at radius 3 is 2.29 bits per heavy atom. The fraction of sp³-hybridized carbons (Fsp3) is 0. The Kier molecular flexibility index (Phi) is 2.19. The number of fused-ring (bicyclic) bond motifs is 3. The molecule has 0 radical (unpaired) electrons. The number of rotatable bonds is 1. The molecule has 0 aliphatic rings. The van der Waals surface area contributed by atoms with Gasteiger partial charge in [-0.3, -0.25) is 0 Å². The molecule has 0 atom stereocenters. The van der Waals surface area contributed by atoms with Gasteiger partial charge in [-0.25, -0.2) is 0 Å². The van der Waals surface area contributed by atoms with Gasteiger partial charge in [-0.15, -0.1) is 11.3 Å². The molecular formula is C12H7BF3S-. The molecular weight excluding hydrogens is 244 g/mol. The van der Waals surface area contributed by atoms with Gasteiger partial charge in [-0.2, -0.15) is 0 Å². The van der Waals surface area contributed by atoms with E-state index in [-0.39, 0.29) is 0 Å². The molecule has 0 aliphatic heterocycles. The minimum absolute atomic E-state index is 0.348. The molecule has 3 rings (SSSR count). The van der Waals surface area contributed by atoms with Gasteiger partial charge in [0, 0.05) is 14.8 Å². The van der Waals surface area contributed by atoms with Crippen molar-refractivity contribution in [3.8, 4) is 0 Å². The van der Waals surface area contributed by atoms with Crippen molar-refractivity contribution in [1.82, 2.24) is 0 Å². The first-order valence-corrected chi connectivity index (χ1v) is 5.99. The number of halogens is 3. The number of benzene rings is 2. The van der Waals surface area contributed by atoms with E-state index >= 15 is 0 Å². The predicted molar refractivity (Wildman–Crippen MR) is 68.0 cm³/mol. The van der Waals surface area contributed by atoms with Crippen LogP contribution >= 0.6 is 11.3 Å². The van der Waals surface area contributed by atoms with Gasteiger partial charge in [-0.1, -0.05) is 41.9 Å². The van der Waals surface area contributed by atoms with E-state index in [0.29, 0.717) is 10.1 Å². The average Bonchev–Trinajstić information content (AvgIpc) is 2.65. The van der Waals surface area contributed by atoms with Crippen LogP contribution in [0.25, 0.3) is 20.2 Å². The van der Waals surface area contributed by atoms with Crippen LogP contribution in [-0.4, -0.2) is 6.98 Å².